The number of hydrogen-bond donors (Lipinski definition) is 2. The lowest BCUT2D eigenvalue weighted by Gasteiger charge is -2.07. The molecule has 5 heteroatoms. The highest BCUT2D eigenvalue weighted by Crippen LogP contribution is 2.36. The molecular weight excluding hydrogens is 241 g/mol. The Morgan fingerprint density at radius 2 is 1.89 bits per heavy atom. The maximum Gasteiger partial charge on any atom is 0.431 e. The van der Waals surface area contributed by atoms with E-state index >= 15 is 0 Å². The molecule has 1 heterocycles. The summed E-state index contributed by atoms with van der Waals surface area (Å²) in [5.41, 5.74) is 2.05. The van der Waals surface area contributed by atoms with Crippen molar-refractivity contribution in [3.8, 4) is 0 Å². The van der Waals surface area contributed by atoms with Crippen LogP contribution in [0.3, 0.4) is 0 Å². The zero-order valence-corrected chi connectivity index (χ0v) is 10.5. The summed E-state index contributed by atoms with van der Waals surface area (Å²) in [6.07, 6.45) is -4.36. The molecule has 2 rings (SSSR count). The van der Waals surface area contributed by atoms with Crippen molar-refractivity contribution in [1.82, 2.24) is 10.3 Å². The first-order valence-corrected chi connectivity index (χ1v) is 5.68. The maximum atomic E-state index is 13.0. The van der Waals surface area contributed by atoms with E-state index in [9.17, 15) is 13.2 Å². The predicted octanol–water partition coefficient (Wildman–Crippen LogP) is 3.52. The van der Waals surface area contributed by atoms with Gasteiger partial charge in [0.1, 0.15) is 5.69 Å². The molecule has 0 unspecified atom stereocenters. The summed E-state index contributed by atoms with van der Waals surface area (Å²) in [5.74, 6) is 0. The van der Waals surface area contributed by atoms with E-state index in [1.165, 1.54) is 0 Å². The maximum absolute atomic E-state index is 13.0. The fourth-order valence-electron chi connectivity index (χ4n) is 2.17. The second-order valence-electron chi connectivity index (χ2n) is 4.44. The Morgan fingerprint density at radius 1 is 1.22 bits per heavy atom. The highest BCUT2D eigenvalue weighted by molar-refractivity contribution is 5.88. The molecule has 1 aromatic carbocycles. The van der Waals surface area contributed by atoms with E-state index < -0.39 is 11.9 Å². The molecule has 2 nitrogen and oxygen atoms in total. The van der Waals surface area contributed by atoms with Crippen molar-refractivity contribution in [2.75, 3.05) is 7.05 Å². The van der Waals surface area contributed by atoms with Crippen molar-refractivity contribution in [3.05, 3.63) is 34.5 Å². The fourth-order valence-corrected chi connectivity index (χ4v) is 2.17. The van der Waals surface area contributed by atoms with Gasteiger partial charge >= 0.3 is 6.18 Å². The van der Waals surface area contributed by atoms with E-state index in [1.54, 1.807) is 13.1 Å². The number of hydrogen-bond acceptors (Lipinski definition) is 1. The summed E-state index contributed by atoms with van der Waals surface area (Å²) in [6.45, 7) is 3.91. The normalized spacial score (nSPS) is 12.3. The van der Waals surface area contributed by atoms with Gasteiger partial charge in [-0.15, -0.1) is 0 Å². The molecule has 98 valence electrons. The number of aryl methyl sites for hydroxylation is 2. The van der Waals surface area contributed by atoms with Crippen LogP contribution in [0, 0.1) is 13.8 Å². The van der Waals surface area contributed by atoms with Crippen molar-refractivity contribution >= 4 is 10.9 Å². The molecule has 0 spiro atoms. The third-order valence-corrected chi connectivity index (χ3v) is 3.25. The van der Waals surface area contributed by atoms with E-state index in [4.69, 9.17) is 0 Å². The summed E-state index contributed by atoms with van der Waals surface area (Å²) < 4.78 is 38.9. The molecule has 0 radical (unpaired) electrons. The van der Waals surface area contributed by atoms with E-state index in [-0.39, 0.29) is 12.1 Å². The topological polar surface area (TPSA) is 27.8 Å². The van der Waals surface area contributed by atoms with Gasteiger partial charge in [-0.1, -0.05) is 12.1 Å². The molecule has 2 aromatic rings. The molecule has 0 amide bonds. The number of H-pyrrole nitrogens is 1. The van der Waals surface area contributed by atoms with Crippen LogP contribution in [0.2, 0.25) is 0 Å². The molecule has 0 fully saturated rings. The average molecular weight is 256 g/mol. The zero-order valence-electron chi connectivity index (χ0n) is 10.5. The molecule has 0 aliphatic carbocycles. The minimum atomic E-state index is -4.36. The number of aromatic amines is 1. The summed E-state index contributed by atoms with van der Waals surface area (Å²) in [4.78, 5) is 2.53. The van der Waals surface area contributed by atoms with Crippen molar-refractivity contribution in [3.63, 3.8) is 0 Å². The number of fused-ring (bicyclic) bond motifs is 1. The molecule has 0 saturated carbocycles. The monoisotopic (exact) mass is 256 g/mol. The Hall–Kier alpha value is -1.49. The van der Waals surface area contributed by atoms with E-state index in [0.29, 0.717) is 10.9 Å². The van der Waals surface area contributed by atoms with Crippen LogP contribution in [0.4, 0.5) is 13.2 Å². The first-order valence-electron chi connectivity index (χ1n) is 5.68. The molecule has 18 heavy (non-hydrogen) atoms. The summed E-state index contributed by atoms with van der Waals surface area (Å²) in [6, 6.07) is 3.60. The third-order valence-electron chi connectivity index (χ3n) is 3.25. The molecular formula is C13H15F3N2. The van der Waals surface area contributed by atoms with Crippen LogP contribution in [-0.4, -0.2) is 12.0 Å². The van der Waals surface area contributed by atoms with E-state index in [1.807, 2.05) is 19.9 Å². The second kappa shape index (κ2) is 4.31. The van der Waals surface area contributed by atoms with Crippen molar-refractivity contribution in [1.29, 1.82) is 0 Å². The lowest BCUT2D eigenvalue weighted by molar-refractivity contribution is -0.141. The van der Waals surface area contributed by atoms with Crippen LogP contribution in [0.5, 0.6) is 0 Å². The van der Waals surface area contributed by atoms with Gasteiger partial charge in [0.05, 0.1) is 0 Å². The Bertz CT molecular complexity index is 582. The van der Waals surface area contributed by atoms with Crippen molar-refractivity contribution in [2.45, 2.75) is 26.6 Å². The summed E-state index contributed by atoms with van der Waals surface area (Å²) in [7, 11) is 1.64. The zero-order chi connectivity index (χ0) is 13.5. The minimum Gasteiger partial charge on any atom is -0.351 e. The number of benzene rings is 1. The standard InChI is InChI=1S/C13H15F3N2/c1-7-4-5-9-10(6-17-3)12(13(14,15)16)18-11(9)8(7)2/h4-5,17-18H,6H2,1-3H3. The van der Waals surface area contributed by atoms with Gasteiger partial charge in [0.25, 0.3) is 0 Å². The van der Waals surface area contributed by atoms with Crippen LogP contribution in [0.15, 0.2) is 12.1 Å². The van der Waals surface area contributed by atoms with Crippen molar-refractivity contribution < 1.29 is 13.2 Å². The van der Waals surface area contributed by atoms with Gasteiger partial charge in [0.2, 0.25) is 0 Å². The SMILES string of the molecule is CNCc1c(C(F)(F)F)[nH]c2c(C)c(C)ccc12. The minimum absolute atomic E-state index is 0.192. The van der Waals surface area contributed by atoms with Crippen LogP contribution in [-0.2, 0) is 12.7 Å². The first kappa shape index (κ1) is 13.0. The predicted molar refractivity (Wildman–Crippen MR) is 65.5 cm³/mol. The van der Waals surface area contributed by atoms with Crippen molar-refractivity contribution in [2.24, 2.45) is 0 Å². The van der Waals surface area contributed by atoms with Crippen LogP contribution in [0.1, 0.15) is 22.4 Å². The molecule has 0 aliphatic rings. The van der Waals surface area contributed by atoms with Crippen LogP contribution >= 0.6 is 0 Å². The molecule has 0 saturated heterocycles. The van der Waals surface area contributed by atoms with Crippen LogP contribution < -0.4 is 5.32 Å². The first-order chi connectivity index (χ1) is 8.36. The molecule has 0 aliphatic heterocycles. The summed E-state index contributed by atoms with van der Waals surface area (Å²) in [5, 5.41) is 3.43. The van der Waals surface area contributed by atoms with Gasteiger partial charge in [-0.2, -0.15) is 13.2 Å². The van der Waals surface area contributed by atoms with Gasteiger partial charge in [-0.25, -0.2) is 0 Å². The molecule has 0 atom stereocenters. The molecule has 1 aromatic heterocycles. The highest BCUT2D eigenvalue weighted by atomic mass is 19.4. The number of halogens is 3. The Morgan fingerprint density at radius 3 is 2.44 bits per heavy atom. The number of alkyl halides is 3. The second-order valence-corrected chi connectivity index (χ2v) is 4.44. The lowest BCUT2D eigenvalue weighted by Crippen LogP contribution is -2.13. The smallest absolute Gasteiger partial charge is 0.351 e. The number of aromatic nitrogens is 1. The van der Waals surface area contributed by atoms with E-state index in [2.05, 4.69) is 10.3 Å². The van der Waals surface area contributed by atoms with Crippen LogP contribution in [0.25, 0.3) is 10.9 Å². The average Bonchev–Trinajstić information content (AvgIpc) is 2.64. The van der Waals surface area contributed by atoms with Gasteiger partial charge in [0.15, 0.2) is 0 Å². The molecule has 0 bridgehead atoms. The summed E-state index contributed by atoms with van der Waals surface area (Å²) >= 11 is 0. The largest absolute Gasteiger partial charge is 0.431 e. The number of rotatable bonds is 2. The third kappa shape index (κ3) is 1.99. The Balaban J connectivity index is 2.79. The lowest BCUT2D eigenvalue weighted by atomic mass is 10.0. The van der Waals surface area contributed by atoms with E-state index in [0.717, 1.165) is 11.1 Å². The number of nitrogens with one attached hydrogen (secondary N) is 2. The fraction of sp³-hybridized carbons (Fsp3) is 0.385. The van der Waals surface area contributed by atoms with Gasteiger partial charge in [0, 0.05) is 23.0 Å². The molecule has 2 N–H and O–H groups in total. The highest BCUT2D eigenvalue weighted by Gasteiger charge is 2.36. The van der Waals surface area contributed by atoms with Gasteiger partial charge < -0.3 is 10.3 Å². The van der Waals surface area contributed by atoms with Gasteiger partial charge in [-0.05, 0) is 32.0 Å². The Kier molecular flexibility index (Phi) is 3.11. The Labute approximate surface area is 103 Å². The quantitative estimate of drug-likeness (QED) is 0.845. The van der Waals surface area contributed by atoms with Gasteiger partial charge in [-0.3, -0.25) is 0 Å².